The van der Waals surface area contributed by atoms with E-state index in [1.54, 1.807) is 25.1 Å². The highest BCUT2D eigenvalue weighted by Gasteiger charge is 2.32. The first-order valence-electron chi connectivity index (χ1n) is 8.09. The summed E-state index contributed by atoms with van der Waals surface area (Å²) in [6.07, 6.45) is 0.231. The van der Waals surface area contributed by atoms with Crippen LogP contribution < -0.4 is 10.1 Å². The molecule has 0 aromatic heterocycles. The van der Waals surface area contributed by atoms with Crippen LogP contribution in [0.2, 0.25) is 0 Å². The lowest BCUT2D eigenvalue weighted by molar-refractivity contribution is -0.384. The normalized spacial score (nSPS) is 15.0. The Morgan fingerprint density at radius 1 is 1.23 bits per heavy atom. The third kappa shape index (κ3) is 3.42. The van der Waals surface area contributed by atoms with Crippen molar-refractivity contribution in [2.75, 3.05) is 5.32 Å². The van der Waals surface area contributed by atoms with Crippen LogP contribution in [0, 0.1) is 17.0 Å². The summed E-state index contributed by atoms with van der Waals surface area (Å²) in [6.45, 7) is 5.41. The molecule has 26 heavy (non-hydrogen) atoms. The zero-order valence-electron chi connectivity index (χ0n) is 14.7. The summed E-state index contributed by atoms with van der Waals surface area (Å²) < 4.78 is 5.78. The molecule has 0 bridgehead atoms. The van der Waals surface area contributed by atoms with E-state index in [-0.39, 0.29) is 23.5 Å². The van der Waals surface area contributed by atoms with E-state index in [9.17, 15) is 19.7 Å². The molecule has 1 amide bonds. The fourth-order valence-corrected chi connectivity index (χ4v) is 2.85. The van der Waals surface area contributed by atoms with E-state index < -0.39 is 16.4 Å². The van der Waals surface area contributed by atoms with E-state index in [4.69, 9.17) is 4.74 Å². The number of hydrogen-bond donors (Lipinski definition) is 1. The number of nitro groups is 1. The van der Waals surface area contributed by atoms with Crippen LogP contribution in [0.5, 0.6) is 5.75 Å². The molecule has 1 aliphatic heterocycles. The van der Waals surface area contributed by atoms with Crippen LogP contribution in [0.3, 0.4) is 0 Å². The van der Waals surface area contributed by atoms with Crippen LogP contribution in [0.15, 0.2) is 36.4 Å². The first-order chi connectivity index (χ1) is 12.2. The smallest absolute Gasteiger partial charge is 0.271 e. The Kier molecular flexibility index (Phi) is 4.23. The fraction of sp³-hybridized carbons (Fsp3) is 0.263. The third-order valence-electron chi connectivity index (χ3n) is 4.19. The summed E-state index contributed by atoms with van der Waals surface area (Å²) in [6, 6.07) is 8.91. The van der Waals surface area contributed by atoms with Gasteiger partial charge in [0.15, 0.2) is 5.78 Å². The molecule has 1 N–H and O–H groups in total. The number of fused-ring (bicyclic) bond motifs is 1. The number of amides is 1. The summed E-state index contributed by atoms with van der Waals surface area (Å²) in [5.74, 6) is -0.0826. The number of Topliss-reactive ketones (excluding diaryl/α,β-unsaturated/α-hetero) is 1. The van der Waals surface area contributed by atoms with Gasteiger partial charge in [-0.15, -0.1) is 0 Å². The van der Waals surface area contributed by atoms with Crippen molar-refractivity contribution < 1.29 is 19.2 Å². The van der Waals surface area contributed by atoms with Crippen molar-refractivity contribution in [2.24, 2.45) is 0 Å². The van der Waals surface area contributed by atoms with Crippen molar-refractivity contribution in [1.82, 2.24) is 0 Å². The van der Waals surface area contributed by atoms with Gasteiger partial charge >= 0.3 is 0 Å². The maximum absolute atomic E-state index is 12.5. The van der Waals surface area contributed by atoms with Crippen molar-refractivity contribution >= 4 is 23.1 Å². The minimum Gasteiger partial charge on any atom is -0.487 e. The number of ether oxygens (including phenoxy) is 1. The van der Waals surface area contributed by atoms with E-state index in [0.717, 1.165) is 0 Å². The maximum atomic E-state index is 12.5. The number of carbonyl (C=O) groups excluding carboxylic acids is 2. The quantitative estimate of drug-likeness (QED) is 0.666. The molecule has 0 atom stereocenters. The number of aryl methyl sites for hydroxylation is 1. The number of hydrogen-bond acceptors (Lipinski definition) is 5. The molecule has 0 radical (unpaired) electrons. The molecular formula is C19H18N2O5. The van der Waals surface area contributed by atoms with Gasteiger partial charge in [0.25, 0.3) is 11.6 Å². The SMILES string of the molecule is Cc1ccc([N+](=O)[O-])cc1NC(=O)c1ccc2c(c1)C(=O)CC(C)(C)O2. The molecule has 134 valence electrons. The van der Waals surface area contributed by atoms with Gasteiger partial charge in [-0.2, -0.15) is 0 Å². The number of nitrogens with zero attached hydrogens (tertiary/aromatic N) is 1. The van der Waals surface area contributed by atoms with E-state index in [1.807, 2.05) is 13.8 Å². The molecule has 0 saturated carbocycles. The second-order valence-corrected chi connectivity index (χ2v) is 6.88. The van der Waals surface area contributed by atoms with Gasteiger partial charge in [-0.25, -0.2) is 0 Å². The molecule has 0 unspecified atom stereocenters. The highest BCUT2D eigenvalue weighted by molar-refractivity contribution is 6.08. The van der Waals surface area contributed by atoms with Crippen LogP contribution in [-0.4, -0.2) is 22.2 Å². The maximum Gasteiger partial charge on any atom is 0.271 e. The molecule has 3 rings (SSSR count). The van der Waals surface area contributed by atoms with Crippen LogP contribution in [0.4, 0.5) is 11.4 Å². The van der Waals surface area contributed by atoms with Crippen molar-refractivity contribution in [3.63, 3.8) is 0 Å². The van der Waals surface area contributed by atoms with Gasteiger partial charge in [-0.3, -0.25) is 19.7 Å². The second-order valence-electron chi connectivity index (χ2n) is 6.88. The average Bonchev–Trinajstić information content (AvgIpc) is 2.55. The van der Waals surface area contributed by atoms with Crippen molar-refractivity contribution in [3.05, 3.63) is 63.2 Å². The lowest BCUT2D eigenvalue weighted by Gasteiger charge is -2.31. The van der Waals surface area contributed by atoms with Crippen LogP contribution in [-0.2, 0) is 0 Å². The number of carbonyl (C=O) groups is 2. The molecule has 2 aromatic rings. The van der Waals surface area contributed by atoms with E-state index in [0.29, 0.717) is 22.6 Å². The van der Waals surface area contributed by atoms with E-state index in [1.165, 1.54) is 18.2 Å². The second kappa shape index (κ2) is 6.25. The lowest BCUT2D eigenvalue weighted by Crippen LogP contribution is -2.36. The van der Waals surface area contributed by atoms with Gasteiger partial charge < -0.3 is 10.1 Å². The van der Waals surface area contributed by atoms with Gasteiger partial charge in [-0.1, -0.05) is 6.07 Å². The first kappa shape index (κ1) is 17.6. The van der Waals surface area contributed by atoms with Crippen molar-refractivity contribution in [2.45, 2.75) is 32.8 Å². The Hall–Kier alpha value is -3.22. The first-order valence-corrected chi connectivity index (χ1v) is 8.09. The van der Waals surface area contributed by atoms with E-state index >= 15 is 0 Å². The topological polar surface area (TPSA) is 98.5 Å². The molecule has 1 aliphatic rings. The third-order valence-corrected chi connectivity index (χ3v) is 4.19. The zero-order chi connectivity index (χ0) is 19.1. The van der Waals surface area contributed by atoms with Crippen LogP contribution in [0.1, 0.15) is 46.5 Å². The number of rotatable bonds is 3. The number of anilines is 1. The lowest BCUT2D eigenvalue weighted by atomic mass is 9.92. The summed E-state index contributed by atoms with van der Waals surface area (Å²) in [7, 11) is 0. The number of nitrogens with one attached hydrogen (secondary N) is 1. The zero-order valence-corrected chi connectivity index (χ0v) is 14.7. The Morgan fingerprint density at radius 3 is 2.65 bits per heavy atom. The van der Waals surface area contributed by atoms with Crippen LogP contribution >= 0.6 is 0 Å². The summed E-state index contributed by atoms with van der Waals surface area (Å²) in [5, 5.41) is 13.6. The Morgan fingerprint density at radius 2 is 1.96 bits per heavy atom. The Bertz CT molecular complexity index is 934. The monoisotopic (exact) mass is 354 g/mol. The van der Waals surface area contributed by atoms with Gasteiger partial charge in [0, 0.05) is 17.7 Å². The molecule has 2 aromatic carbocycles. The minimum absolute atomic E-state index is 0.0857. The van der Waals surface area contributed by atoms with Gasteiger partial charge in [0.05, 0.1) is 22.6 Å². The van der Waals surface area contributed by atoms with Gasteiger partial charge in [0.2, 0.25) is 0 Å². The number of nitro benzene ring substituents is 1. The van der Waals surface area contributed by atoms with Gasteiger partial charge in [-0.05, 0) is 44.5 Å². The molecule has 1 heterocycles. The average molecular weight is 354 g/mol. The standard InChI is InChI=1S/C19H18N2O5/c1-11-4-6-13(21(24)25)9-15(11)20-18(23)12-5-7-17-14(8-12)16(22)10-19(2,3)26-17/h4-9H,10H2,1-3H3,(H,20,23). The largest absolute Gasteiger partial charge is 0.487 e. The highest BCUT2D eigenvalue weighted by atomic mass is 16.6. The summed E-state index contributed by atoms with van der Waals surface area (Å²) in [4.78, 5) is 35.2. The minimum atomic E-state index is -0.575. The number of ketones is 1. The van der Waals surface area contributed by atoms with E-state index in [2.05, 4.69) is 5.32 Å². The molecule has 7 nitrogen and oxygen atoms in total. The Balaban J connectivity index is 1.88. The Labute approximate surface area is 150 Å². The molecule has 0 spiro atoms. The summed E-state index contributed by atoms with van der Waals surface area (Å²) in [5.41, 5.74) is 1.02. The van der Waals surface area contributed by atoms with Crippen molar-refractivity contribution in [3.8, 4) is 5.75 Å². The molecule has 0 fully saturated rings. The van der Waals surface area contributed by atoms with Crippen LogP contribution in [0.25, 0.3) is 0 Å². The predicted octanol–water partition coefficient (Wildman–Crippen LogP) is 3.90. The number of non-ortho nitro benzene ring substituents is 1. The van der Waals surface area contributed by atoms with Gasteiger partial charge in [0.1, 0.15) is 11.4 Å². The molecule has 0 aliphatic carbocycles. The molecule has 0 saturated heterocycles. The molecule has 7 heteroatoms. The summed E-state index contributed by atoms with van der Waals surface area (Å²) >= 11 is 0. The van der Waals surface area contributed by atoms with Crippen molar-refractivity contribution in [1.29, 1.82) is 0 Å². The number of benzene rings is 2. The highest BCUT2D eigenvalue weighted by Crippen LogP contribution is 2.33. The molecular weight excluding hydrogens is 336 g/mol. The fourth-order valence-electron chi connectivity index (χ4n) is 2.85. The predicted molar refractivity (Wildman–Crippen MR) is 95.9 cm³/mol.